The maximum atomic E-state index is 12.5. The van der Waals surface area contributed by atoms with E-state index in [2.05, 4.69) is 25.2 Å². The van der Waals surface area contributed by atoms with Crippen LogP contribution in [0.1, 0.15) is 47.8 Å². The minimum atomic E-state index is -0.249. The predicted molar refractivity (Wildman–Crippen MR) is 151 cm³/mol. The van der Waals surface area contributed by atoms with Crippen molar-refractivity contribution in [3.05, 3.63) is 60.3 Å². The minimum Gasteiger partial charge on any atom is -0.486 e. The zero-order chi connectivity index (χ0) is 28.2. The molecule has 41 heavy (non-hydrogen) atoms. The molecule has 1 amide bonds. The van der Waals surface area contributed by atoms with E-state index < -0.39 is 0 Å². The number of nitrogens with one attached hydrogen (secondary N) is 1. The zero-order valence-corrected chi connectivity index (χ0v) is 23.3. The monoisotopic (exact) mass is 558 g/mol. The summed E-state index contributed by atoms with van der Waals surface area (Å²) in [5.74, 6) is 2.87. The fraction of sp³-hybridized carbons (Fsp3) is 0.448. The molecular weight excluding hydrogens is 524 g/mol. The van der Waals surface area contributed by atoms with Crippen molar-refractivity contribution >= 4 is 22.6 Å². The van der Waals surface area contributed by atoms with E-state index in [0.29, 0.717) is 31.5 Å². The van der Waals surface area contributed by atoms with Gasteiger partial charge >= 0.3 is 0 Å². The summed E-state index contributed by atoms with van der Waals surface area (Å²) in [4.78, 5) is 36.8. The lowest BCUT2D eigenvalue weighted by Crippen LogP contribution is -2.40. The number of carbonyl (C=O) groups excluding carboxylic acids is 1. The molecule has 0 bridgehead atoms. The summed E-state index contributed by atoms with van der Waals surface area (Å²) in [5.41, 5.74) is 1.77. The van der Waals surface area contributed by atoms with Crippen molar-refractivity contribution in [1.82, 2.24) is 34.8 Å². The van der Waals surface area contributed by atoms with Gasteiger partial charge in [-0.15, -0.1) is 0 Å². The van der Waals surface area contributed by atoms with Gasteiger partial charge in [-0.1, -0.05) is 0 Å². The van der Waals surface area contributed by atoms with Gasteiger partial charge in [0.25, 0.3) is 5.91 Å². The molecule has 5 heterocycles. The third-order valence-electron chi connectivity index (χ3n) is 7.70. The first-order chi connectivity index (χ1) is 20.0. The second-order valence-corrected chi connectivity index (χ2v) is 10.4. The molecule has 1 aliphatic carbocycles. The Morgan fingerprint density at radius 3 is 2.56 bits per heavy atom. The first kappa shape index (κ1) is 26.9. The predicted octanol–water partition coefficient (Wildman–Crippen LogP) is 3.00. The van der Waals surface area contributed by atoms with Crippen LogP contribution in [0.2, 0.25) is 0 Å². The van der Waals surface area contributed by atoms with E-state index in [1.807, 2.05) is 36.9 Å². The molecule has 0 aromatic carbocycles. The van der Waals surface area contributed by atoms with Crippen LogP contribution in [0, 0.1) is 6.92 Å². The van der Waals surface area contributed by atoms with E-state index in [-0.39, 0.29) is 23.9 Å². The summed E-state index contributed by atoms with van der Waals surface area (Å²) in [6.07, 6.45) is 9.82. The van der Waals surface area contributed by atoms with Crippen molar-refractivity contribution in [2.24, 2.45) is 7.05 Å². The SMILES string of the molecule is Cc1ncc(COc2cnc3cc(N4CCOCC4)nc(OC4CCC(NC(=O)c5ncccn5)CC4)c3c2)n1C. The van der Waals surface area contributed by atoms with Gasteiger partial charge in [0.15, 0.2) is 0 Å². The maximum absolute atomic E-state index is 12.5. The Morgan fingerprint density at radius 2 is 1.83 bits per heavy atom. The van der Waals surface area contributed by atoms with Gasteiger partial charge in [0.05, 0.1) is 42.2 Å². The van der Waals surface area contributed by atoms with Gasteiger partial charge < -0.3 is 29.0 Å². The van der Waals surface area contributed by atoms with Gasteiger partial charge in [-0.3, -0.25) is 9.78 Å². The van der Waals surface area contributed by atoms with E-state index in [0.717, 1.165) is 67.0 Å². The van der Waals surface area contributed by atoms with Gasteiger partial charge in [-0.2, -0.15) is 4.98 Å². The smallest absolute Gasteiger partial charge is 0.289 e. The topological polar surface area (TPSA) is 129 Å². The van der Waals surface area contributed by atoms with Crippen LogP contribution in [0.4, 0.5) is 5.82 Å². The van der Waals surface area contributed by atoms with Crippen LogP contribution in [-0.2, 0) is 18.4 Å². The number of pyridine rings is 2. The summed E-state index contributed by atoms with van der Waals surface area (Å²) in [6, 6.07) is 5.69. The van der Waals surface area contributed by atoms with Crippen LogP contribution in [0.25, 0.3) is 10.9 Å². The summed E-state index contributed by atoms with van der Waals surface area (Å²) >= 11 is 0. The fourth-order valence-corrected chi connectivity index (χ4v) is 5.17. The van der Waals surface area contributed by atoms with E-state index in [1.54, 1.807) is 24.7 Å². The Hall–Kier alpha value is -4.32. The number of morpholine rings is 1. The molecule has 1 saturated heterocycles. The molecule has 1 saturated carbocycles. The molecule has 0 unspecified atom stereocenters. The number of aromatic nitrogens is 6. The second kappa shape index (κ2) is 12.0. The maximum Gasteiger partial charge on any atom is 0.289 e. The first-order valence-electron chi connectivity index (χ1n) is 14.0. The highest BCUT2D eigenvalue weighted by molar-refractivity contribution is 5.90. The van der Waals surface area contributed by atoms with Gasteiger partial charge in [0.2, 0.25) is 11.7 Å². The van der Waals surface area contributed by atoms with Crippen molar-refractivity contribution in [3.8, 4) is 11.6 Å². The summed E-state index contributed by atoms with van der Waals surface area (Å²) in [5, 5.41) is 3.86. The number of nitrogens with zero attached hydrogens (tertiary/aromatic N) is 7. The highest BCUT2D eigenvalue weighted by Gasteiger charge is 2.26. The molecule has 2 fully saturated rings. The summed E-state index contributed by atoms with van der Waals surface area (Å²) < 4.78 is 20.2. The van der Waals surface area contributed by atoms with Gasteiger partial charge in [0.1, 0.15) is 30.1 Å². The number of hydrogen-bond acceptors (Lipinski definition) is 10. The lowest BCUT2D eigenvalue weighted by molar-refractivity contribution is 0.0881. The van der Waals surface area contributed by atoms with Crippen molar-refractivity contribution in [2.45, 2.75) is 51.4 Å². The Kier molecular flexibility index (Phi) is 7.90. The third kappa shape index (κ3) is 6.22. The Bertz CT molecular complexity index is 1500. The molecule has 0 radical (unpaired) electrons. The van der Waals surface area contributed by atoms with Crippen molar-refractivity contribution in [3.63, 3.8) is 0 Å². The molecule has 4 aromatic rings. The van der Waals surface area contributed by atoms with Crippen molar-refractivity contribution in [2.75, 3.05) is 31.2 Å². The minimum absolute atomic E-state index is 0.0336. The normalized spacial score (nSPS) is 19.2. The number of fused-ring (bicyclic) bond motifs is 1. The highest BCUT2D eigenvalue weighted by Crippen LogP contribution is 2.33. The number of carbonyl (C=O) groups is 1. The average molecular weight is 559 g/mol. The standard InChI is InChI=1S/C29H34N8O4/c1-19-32-16-21(36(19)2)18-40-23-14-24-25(33-17-23)15-26(37-10-12-39-13-11-37)35-29(24)41-22-6-4-20(5-7-22)34-28(38)27-30-8-3-9-31-27/h3,8-9,14-17,20,22H,4-7,10-13,18H2,1-2H3,(H,34,38). The van der Waals surface area contributed by atoms with Crippen LogP contribution < -0.4 is 19.7 Å². The number of imidazole rings is 1. The van der Waals surface area contributed by atoms with Crippen LogP contribution in [0.3, 0.4) is 0 Å². The zero-order valence-electron chi connectivity index (χ0n) is 23.3. The number of amides is 1. The molecule has 4 aromatic heterocycles. The molecule has 1 N–H and O–H groups in total. The van der Waals surface area contributed by atoms with E-state index >= 15 is 0 Å². The lowest BCUT2D eigenvalue weighted by atomic mass is 9.93. The van der Waals surface area contributed by atoms with Crippen molar-refractivity contribution < 1.29 is 19.0 Å². The van der Waals surface area contributed by atoms with Gasteiger partial charge in [0, 0.05) is 44.6 Å². The molecule has 0 spiro atoms. The molecule has 214 valence electrons. The molecule has 6 rings (SSSR count). The quantitative estimate of drug-likeness (QED) is 0.344. The van der Waals surface area contributed by atoms with E-state index in [4.69, 9.17) is 24.2 Å². The summed E-state index contributed by atoms with van der Waals surface area (Å²) in [6.45, 7) is 5.18. The average Bonchev–Trinajstić information content (AvgIpc) is 3.34. The molecule has 2 aliphatic rings. The largest absolute Gasteiger partial charge is 0.486 e. The molecular formula is C29H34N8O4. The molecule has 12 nitrogen and oxygen atoms in total. The number of anilines is 1. The van der Waals surface area contributed by atoms with Crippen LogP contribution in [-0.4, -0.2) is 73.8 Å². The molecule has 12 heteroatoms. The Balaban J connectivity index is 1.18. The Labute approximate surface area is 238 Å². The Morgan fingerprint density at radius 1 is 1.05 bits per heavy atom. The van der Waals surface area contributed by atoms with E-state index in [1.165, 1.54) is 0 Å². The van der Waals surface area contributed by atoms with Crippen molar-refractivity contribution in [1.29, 1.82) is 0 Å². The third-order valence-corrected chi connectivity index (χ3v) is 7.70. The van der Waals surface area contributed by atoms with E-state index in [9.17, 15) is 4.79 Å². The van der Waals surface area contributed by atoms with Gasteiger partial charge in [-0.25, -0.2) is 15.0 Å². The second-order valence-electron chi connectivity index (χ2n) is 10.4. The lowest BCUT2D eigenvalue weighted by Gasteiger charge is -2.31. The number of rotatable bonds is 8. The molecule has 0 atom stereocenters. The van der Waals surface area contributed by atoms with Gasteiger partial charge in [-0.05, 0) is 44.7 Å². The number of hydrogen-bond donors (Lipinski definition) is 1. The van der Waals surface area contributed by atoms with Crippen LogP contribution in [0.15, 0.2) is 43.0 Å². The van der Waals surface area contributed by atoms with Crippen LogP contribution in [0.5, 0.6) is 11.6 Å². The highest BCUT2D eigenvalue weighted by atomic mass is 16.5. The summed E-state index contributed by atoms with van der Waals surface area (Å²) in [7, 11) is 1.97. The number of ether oxygens (including phenoxy) is 3. The first-order valence-corrected chi connectivity index (χ1v) is 14.0. The van der Waals surface area contributed by atoms with Crippen LogP contribution >= 0.6 is 0 Å². The fourth-order valence-electron chi connectivity index (χ4n) is 5.17. The number of aryl methyl sites for hydroxylation is 1. The molecule has 1 aliphatic heterocycles.